The Morgan fingerprint density at radius 2 is 1.72 bits per heavy atom. The second-order valence-corrected chi connectivity index (χ2v) is 7.39. The van der Waals surface area contributed by atoms with Gasteiger partial charge in [0.15, 0.2) is 6.61 Å². The molecule has 0 aliphatic carbocycles. The predicted octanol–water partition coefficient (Wildman–Crippen LogP) is 3.34. The number of nitrogens with one attached hydrogen (secondary N) is 2. The molecule has 0 aliphatic heterocycles. The maximum atomic E-state index is 12.3. The van der Waals surface area contributed by atoms with Crippen LogP contribution in [0.3, 0.4) is 0 Å². The van der Waals surface area contributed by atoms with E-state index in [1.54, 1.807) is 36.0 Å². The number of carbonyl (C=O) groups is 2. The fourth-order valence-electron chi connectivity index (χ4n) is 2.02. The van der Waals surface area contributed by atoms with Crippen molar-refractivity contribution in [2.75, 3.05) is 6.61 Å². The second kappa shape index (κ2) is 9.13. The molecule has 0 saturated heterocycles. The normalized spacial score (nSPS) is 10.4. The molecule has 2 amide bonds. The van der Waals surface area contributed by atoms with Gasteiger partial charge in [0, 0.05) is 10.1 Å². The van der Waals surface area contributed by atoms with Gasteiger partial charge in [0.25, 0.3) is 11.8 Å². The van der Waals surface area contributed by atoms with E-state index < -0.39 is 5.91 Å². The Hall–Kier alpha value is -2.47. The first-order chi connectivity index (χ1) is 12.0. The Bertz CT molecular complexity index is 730. The Morgan fingerprint density at radius 1 is 1.04 bits per heavy atom. The molecule has 0 aliphatic rings. The molecule has 2 aromatic carbocycles. The van der Waals surface area contributed by atoms with Crippen molar-refractivity contribution in [1.82, 2.24) is 10.9 Å². The van der Waals surface area contributed by atoms with Crippen LogP contribution in [0, 0.1) is 6.92 Å². The van der Waals surface area contributed by atoms with Crippen molar-refractivity contribution in [3.05, 3.63) is 59.7 Å². The van der Waals surface area contributed by atoms with Gasteiger partial charge in [-0.2, -0.15) is 0 Å². The number of amides is 2. The molecular formula is C19H22N2O3S. The predicted molar refractivity (Wildman–Crippen MR) is 99.7 cm³/mol. The highest BCUT2D eigenvalue weighted by atomic mass is 32.2. The molecule has 2 rings (SSSR count). The molecule has 5 nitrogen and oxygen atoms in total. The minimum Gasteiger partial charge on any atom is -0.484 e. The third kappa shape index (κ3) is 6.15. The quantitative estimate of drug-likeness (QED) is 0.614. The van der Waals surface area contributed by atoms with Crippen LogP contribution in [0.1, 0.15) is 29.8 Å². The SMILES string of the molecule is Cc1ccc(OCC(=O)NNC(=O)c2ccccc2SC(C)C)cc1. The Morgan fingerprint density at radius 3 is 2.40 bits per heavy atom. The molecule has 6 heteroatoms. The Balaban J connectivity index is 1.85. The number of hydrogen-bond donors (Lipinski definition) is 2. The minimum atomic E-state index is -0.428. The fourth-order valence-corrected chi connectivity index (χ4v) is 2.98. The summed E-state index contributed by atoms with van der Waals surface area (Å²) in [5.74, 6) is -0.180. The van der Waals surface area contributed by atoms with Crippen molar-refractivity contribution in [1.29, 1.82) is 0 Å². The molecule has 0 bridgehead atoms. The number of benzene rings is 2. The lowest BCUT2D eigenvalue weighted by Crippen LogP contribution is -2.44. The van der Waals surface area contributed by atoms with Crippen LogP contribution in [0.25, 0.3) is 0 Å². The van der Waals surface area contributed by atoms with Crippen LogP contribution in [0.4, 0.5) is 0 Å². The lowest BCUT2D eigenvalue weighted by molar-refractivity contribution is -0.123. The lowest BCUT2D eigenvalue weighted by atomic mass is 10.2. The summed E-state index contributed by atoms with van der Waals surface area (Å²) in [5.41, 5.74) is 6.44. The van der Waals surface area contributed by atoms with E-state index in [0.717, 1.165) is 10.5 Å². The molecule has 0 saturated carbocycles. The van der Waals surface area contributed by atoms with Gasteiger partial charge in [-0.25, -0.2) is 0 Å². The highest BCUT2D eigenvalue weighted by Crippen LogP contribution is 2.26. The molecule has 0 radical (unpaired) electrons. The van der Waals surface area contributed by atoms with E-state index in [1.165, 1.54) is 0 Å². The van der Waals surface area contributed by atoms with Gasteiger partial charge in [-0.15, -0.1) is 11.8 Å². The van der Waals surface area contributed by atoms with Gasteiger partial charge in [0.1, 0.15) is 5.75 Å². The number of thioether (sulfide) groups is 1. The standard InChI is InChI=1S/C19H22N2O3S/c1-13(2)25-17-7-5-4-6-16(17)19(23)21-20-18(22)12-24-15-10-8-14(3)9-11-15/h4-11,13H,12H2,1-3H3,(H,20,22)(H,21,23). The van der Waals surface area contributed by atoms with Crippen LogP contribution in [-0.4, -0.2) is 23.7 Å². The van der Waals surface area contributed by atoms with Gasteiger partial charge >= 0.3 is 0 Å². The topological polar surface area (TPSA) is 67.4 Å². The largest absolute Gasteiger partial charge is 0.484 e. The van der Waals surface area contributed by atoms with E-state index in [-0.39, 0.29) is 12.5 Å². The van der Waals surface area contributed by atoms with Gasteiger partial charge in [-0.05, 0) is 31.2 Å². The zero-order valence-corrected chi connectivity index (χ0v) is 15.4. The molecule has 2 aromatic rings. The number of ether oxygens (including phenoxy) is 1. The summed E-state index contributed by atoms with van der Waals surface area (Å²) < 4.78 is 5.37. The molecule has 25 heavy (non-hydrogen) atoms. The first kappa shape index (κ1) is 18.9. The smallest absolute Gasteiger partial charge is 0.276 e. The lowest BCUT2D eigenvalue weighted by Gasteiger charge is -2.12. The maximum Gasteiger partial charge on any atom is 0.276 e. The van der Waals surface area contributed by atoms with Gasteiger partial charge < -0.3 is 4.74 Å². The van der Waals surface area contributed by atoms with E-state index in [2.05, 4.69) is 24.7 Å². The third-order valence-electron chi connectivity index (χ3n) is 3.20. The summed E-state index contributed by atoms with van der Waals surface area (Å²) in [5, 5.41) is 0.353. The summed E-state index contributed by atoms with van der Waals surface area (Å²) in [4.78, 5) is 25.0. The summed E-state index contributed by atoms with van der Waals surface area (Å²) in [6.45, 7) is 5.92. The number of rotatable bonds is 6. The molecule has 0 unspecified atom stereocenters. The van der Waals surface area contributed by atoms with Crippen molar-refractivity contribution in [3.63, 3.8) is 0 Å². The number of hydrazine groups is 1. The van der Waals surface area contributed by atoms with Crippen LogP contribution < -0.4 is 15.6 Å². The van der Waals surface area contributed by atoms with Gasteiger partial charge in [0.2, 0.25) is 0 Å². The first-order valence-electron chi connectivity index (χ1n) is 8.00. The monoisotopic (exact) mass is 358 g/mol. The Labute approximate surface area is 152 Å². The summed E-state index contributed by atoms with van der Waals surface area (Å²) in [7, 11) is 0. The van der Waals surface area contributed by atoms with Crippen LogP contribution in [-0.2, 0) is 4.79 Å². The highest BCUT2D eigenvalue weighted by molar-refractivity contribution is 8.00. The third-order valence-corrected chi connectivity index (χ3v) is 4.28. The van der Waals surface area contributed by atoms with E-state index >= 15 is 0 Å². The zero-order valence-electron chi connectivity index (χ0n) is 14.5. The first-order valence-corrected chi connectivity index (χ1v) is 8.88. The summed E-state index contributed by atoms with van der Waals surface area (Å²) in [6.07, 6.45) is 0. The van der Waals surface area contributed by atoms with E-state index in [9.17, 15) is 9.59 Å². The molecule has 0 spiro atoms. The minimum absolute atomic E-state index is 0.175. The molecule has 2 N–H and O–H groups in total. The second-order valence-electron chi connectivity index (χ2n) is 5.77. The van der Waals surface area contributed by atoms with Gasteiger partial charge in [-0.3, -0.25) is 20.4 Å². The molecule has 132 valence electrons. The average molecular weight is 358 g/mol. The van der Waals surface area contributed by atoms with Gasteiger partial charge in [0.05, 0.1) is 5.56 Å². The number of carbonyl (C=O) groups excluding carboxylic acids is 2. The van der Waals surface area contributed by atoms with Crippen molar-refractivity contribution < 1.29 is 14.3 Å². The van der Waals surface area contributed by atoms with E-state index in [4.69, 9.17) is 4.74 Å². The van der Waals surface area contributed by atoms with Crippen molar-refractivity contribution in [2.45, 2.75) is 30.9 Å². The molecular weight excluding hydrogens is 336 g/mol. The van der Waals surface area contributed by atoms with Crippen LogP contribution in [0.15, 0.2) is 53.4 Å². The van der Waals surface area contributed by atoms with Crippen LogP contribution in [0.2, 0.25) is 0 Å². The molecule has 0 fully saturated rings. The zero-order chi connectivity index (χ0) is 18.2. The van der Waals surface area contributed by atoms with Gasteiger partial charge in [-0.1, -0.05) is 43.7 Å². The van der Waals surface area contributed by atoms with Crippen LogP contribution in [0.5, 0.6) is 5.75 Å². The van der Waals surface area contributed by atoms with E-state index in [0.29, 0.717) is 16.6 Å². The molecule has 0 atom stereocenters. The fraction of sp³-hybridized carbons (Fsp3) is 0.263. The van der Waals surface area contributed by atoms with Crippen molar-refractivity contribution in [2.24, 2.45) is 0 Å². The van der Waals surface area contributed by atoms with E-state index in [1.807, 2.05) is 31.2 Å². The number of hydrogen-bond acceptors (Lipinski definition) is 4. The van der Waals surface area contributed by atoms with Crippen molar-refractivity contribution in [3.8, 4) is 5.75 Å². The molecule has 0 heterocycles. The molecule has 0 aromatic heterocycles. The summed E-state index contributed by atoms with van der Waals surface area (Å²) >= 11 is 1.60. The highest BCUT2D eigenvalue weighted by Gasteiger charge is 2.13. The summed E-state index contributed by atoms with van der Waals surface area (Å²) in [6, 6.07) is 14.7. The van der Waals surface area contributed by atoms with Crippen LogP contribution >= 0.6 is 11.8 Å². The Kier molecular flexibility index (Phi) is 6.89. The average Bonchev–Trinajstić information content (AvgIpc) is 2.59. The maximum absolute atomic E-state index is 12.3. The van der Waals surface area contributed by atoms with Crippen molar-refractivity contribution >= 4 is 23.6 Å². The number of aryl methyl sites for hydroxylation is 1.